The number of aryl methyl sites for hydroxylation is 1. The Morgan fingerprint density at radius 3 is 2.50 bits per heavy atom. The molecule has 1 aliphatic carbocycles. The van der Waals surface area contributed by atoms with Crippen molar-refractivity contribution in [2.24, 2.45) is 5.41 Å². The second-order valence-corrected chi connectivity index (χ2v) is 5.38. The van der Waals surface area contributed by atoms with Crippen LogP contribution in [0, 0.1) is 12.3 Å². The van der Waals surface area contributed by atoms with Crippen molar-refractivity contribution in [2.45, 2.75) is 32.9 Å². The largest absolute Gasteiger partial charge is 0.398 e. The van der Waals surface area contributed by atoms with Gasteiger partial charge in [0.1, 0.15) is 4.60 Å². The number of alkyl halides is 3. The summed E-state index contributed by atoms with van der Waals surface area (Å²) >= 11 is 3.17. The molecule has 0 unspecified atom stereocenters. The van der Waals surface area contributed by atoms with E-state index in [9.17, 15) is 13.2 Å². The van der Waals surface area contributed by atoms with E-state index in [0.717, 1.165) is 0 Å². The van der Waals surface area contributed by atoms with Crippen LogP contribution in [0.5, 0.6) is 0 Å². The predicted molar refractivity (Wildman–Crippen MR) is 65.8 cm³/mol. The number of allylic oxidation sites excluding steroid dienone is 1. The van der Waals surface area contributed by atoms with Gasteiger partial charge in [0, 0.05) is 0 Å². The molecule has 0 bridgehead atoms. The van der Waals surface area contributed by atoms with Crippen LogP contribution < -0.4 is 0 Å². The van der Waals surface area contributed by atoms with Crippen LogP contribution in [0.25, 0.3) is 6.08 Å². The van der Waals surface area contributed by atoms with Crippen molar-refractivity contribution >= 4 is 22.0 Å². The van der Waals surface area contributed by atoms with Gasteiger partial charge in [-0.15, -0.1) is 0 Å². The van der Waals surface area contributed by atoms with Crippen LogP contribution in [0.15, 0.2) is 16.4 Å². The van der Waals surface area contributed by atoms with Crippen LogP contribution in [-0.4, -0.2) is 16.1 Å². The second kappa shape index (κ2) is 4.33. The molecule has 1 heterocycles. The molecule has 0 aromatic carbocycles. The first-order valence-corrected chi connectivity index (χ1v) is 6.30. The van der Waals surface area contributed by atoms with Gasteiger partial charge in [-0.25, -0.2) is 4.98 Å². The van der Waals surface area contributed by atoms with E-state index in [-0.39, 0.29) is 12.8 Å². The topological polar surface area (TPSA) is 25.8 Å². The molecular weight excluding hydrogens is 309 g/mol. The fraction of sp³-hybridized carbons (Fsp3) is 0.500. The van der Waals surface area contributed by atoms with Crippen molar-refractivity contribution in [3.63, 3.8) is 0 Å². The molecule has 1 aromatic rings. The third kappa shape index (κ3) is 2.30. The first-order valence-electron chi connectivity index (χ1n) is 5.51. The zero-order chi connectivity index (χ0) is 13.6. The van der Waals surface area contributed by atoms with E-state index in [1.54, 1.807) is 6.92 Å². The summed E-state index contributed by atoms with van der Waals surface area (Å²) in [5.41, 5.74) is -0.212. The summed E-state index contributed by atoms with van der Waals surface area (Å²) in [5.74, 6) is 0. The standard InChI is InChI=1S/C12H12BrF3N2/c1-7(11(3-4-11)12(14,15)16)5-9-8(2)18-10(13)6-17-9/h5-6H,3-4H2,1-2H3/b7-5+. The first-order chi connectivity index (χ1) is 8.26. The minimum atomic E-state index is -4.18. The normalized spacial score (nSPS) is 18.9. The van der Waals surface area contributed by atoms with Gasteiger partial charge in [-0.2, -0.15) is 13.2 Å². The van der Waals surface area contributed by atoms with E-state index in [4.69, 9.17) is 0 Å². The lowest BCUT2D eigenvalue weighted by Crippen LogP contribution is -2.25. The third-order valence-corrected chi connectivity index (χ3v) is 3.74. The molecular formula is C12H12BrF3N2. The number of rotatable bonds is 2. The molecule has 0 spiro atoms. The van der Waals surface area contributed by atoms with Crippen LogP contribution in [0.2, 0.25) is 0 Å². The summed E-state index contributed by atoms with van der Waals surface area (Å²) in [6, 6.07) is 0. The minimum absolute atomic E-state index is 0.168. The summed E-state index contributed by atoms with van der Waals surface area (Å²) < 4.78 is 39.4. The Hall–Kier alpha value is -0.910. The van der Waals surface area contributed by atoms with E-state index >= 15 is 0 Å². The smallest absolute Gasteiger partial charge is 0.252 e. The highest BCUT2D eigenvalue weighted by Gasteiger charge is 2.64. The van der Waals surface area contributed by atoms with Gasteiger partial charge in [0.2, 0.25) is 0 Å². The average Bonchev–Trinajstić information content (AvgIpc) is 3.01. The van der Waals surface area contributed by atoms with E-state index in [2.05, 4.69) is 25.9 Å². The van der Waals surface area contributed by atoms with Crippen molar-refractivity contribution in [3.05, 3.63) is 27.8 Å². The van der Waals surface area contributed by atoms with Crippen molar-refractivity contribution in [1.29, 1.82) is 0 Å². The number of hydrogen-bond donors (Lipinski definition) is 0. The molecule has 98 valence electrons. The average molecular weight is 321 g/mol. The second-order valence-electron chi connectivity index (χ2n) is 4.57. The summed E-state index contributed by atoms with van der Waals surface area (Å²) in [7, 11) is 0. The van der Waals surface area contributed by atoms with Gasteiger partial charge in [0.05, 0.1) is 23.0 Å². The fourth-order valence-corrected chi connectivity index (χ4v) is 2.34. The molecule has 2 nitrogen and oxygen atoms in total. The Bertz CT molecular complexity index is 505. The van der Waals surface area contributed by atoms with E-state index in [1.165, 1.54) is 19.2 Å². The summed E-state index contributed by atoms with van der Waals surface area (Å²) in [6.45, 7) is 3.24. The lowest BCUT2D eigenvalue weighted by atomic mass is 9.95. The molecule has 6 heteroatoms. The number of halogens is 4. The van der Waals surface area contributed by atoms with Crippen molar-refractivity contribution in [2.75, 3.05) is 0 Å². The lowest BCUT2D eigenvalue weighted by Gasteiger charge is -2.20. The van der Waals surface area contributed by atoms with Crippen LogP contribution in [0.3, 0.4) is 0 Å². The van der Waals surface area contributed by atoms with Gasteiger partial charge in [0.15, 0.2) is 0 Å². The molecule has 1 fully saturated rings. The maximum absolute atomic E-state index is 12.9. The van der Waals surface area contributed by atoms with Crippen molar-refractivity contribution in [3.8, 4) is 0 Å². The van der Waals surface area contributed by atoms with Crippen LogP contribution in [0.1, 0.15) is 31.2 Å². The maximum atomic E-state index is 12.9. The SMILES string of the molecule is C/C(=C\c1ncc(Br)nc1C)C1(C(F)(F)F)CC1. The molecule has 0 saturated heterocycles. The van der Waals surface area contributed by atoms with Crippen LogP contribution in [0.4, 0.5) is 13.2 Å². The molecule has 0 atom stereocenters. The predicted octanol–water partition coefficient (Wildman–Crippen LogP) is 4.29. The zero-order valence-corrected chi connectivity index (χ0v) is 11.6. The third-order valence-electron chi connectivity index (χ3n) is 3.36. The molecule has 2 rings (SSSR count). The lowest BCUT2D eigenvalue weighted by molar-refractivity contribution is -0.174. The highest BCUT2D eigenvalue weighted by molar-refractivity contribution is 9.10. The van der Waals surface area contributed by atoms with Gasteiger partial charge < -0.3 is 0 Å². The maximum Gasteiger partial charge on any atom is 0.398 e. The molecule has 0 N–H and O–H groups in total. The highest BCUT2D eigenvalue weighted by atomic mass is 79.9. The van der Waals surface area contributed by atoms with E-state index < -0.39 is 11.6 Å². The molecule has 0 radical (unpaired) electrons. The van der Waals surface area contributed by atoms with Gasteiger partial charge in [-0.1, -0.05) is 5.57 Å². The molecule has 1 aromatic heterocycles. The monoisotopic (exact) mass is 320 g/mol. The summed E-state index contributed by atoms with van der Waals surface area (Å²) in [4.78, 5) is 8.21. The molecule has 1 aliphatic rings. The zero-order valence-electron chi connectivity index (χ0n) is 9.98. The Morgan fingerprint density at radius 1 is 1.44 bits per heavy atom. The molecule has 1 saturated carbocycles. The fourth-order valence-electron chi connectivity index (χ4n) is 1.97. The number of aromatic nitrogens is 2. The number of nitrogens with zero attached hydrogens (tertiary/aromatic N) is 2. The molecule has 18 heavy (non-hydrogen) atoms. The van der Waals surface area contributed by atoms with E-state index in [0.29, 0.717) is 21.6 Å². The van der Waals surface area contributed by atoms with Gasteiger partial charge >= 0.3 is 6.18 Å². The Labute approximate surface area is 111 Å². The van der Waals surface area contributed by atoms with Gasteiger partial charge in [-0.3, -0.25) is 4.98 Å². The van der Waals surface area contributed by atoms with Crippen LogP contribution >= 0.6 is 15.9 Å². The number of hydrogen-bond acceptors (Lipinski definition) is 2. The summed E-state index contributed by atoms with van der Waals surface area (Å²) in [5, 5.41) is 0. The highest BCUT2D eigenvalue weighted by Crippen LogP contribution is 2.62. The molecule has 0 aliphatic heterocycles. The minimum Gasteiger partial charge on any atom is -0.252 e. The summed E-state index contributed by atoms with van der Waals surface area (Å²) in [6.07, 6.45) is -0.859. The van der Waals surface area contributed by atoms with E-state index in [1.807, 2.05) is 0 Å². The van der Waals surface area contributed by atoms with Crippen molar-refractivity contribution in [1.82, 2.24) is 9.97 Å². The van der Waals surface area contributed by atoms with Gasteiger partial charge in [0.25, 0.3) is 0 Å². The Morgan fingerprint density at radius 2 is 2.06 bits per heavy atom. The van der Waals surface area contributed by atoms with Crippen LogP contribution in [-0.2, 0) is 0 Å². The quantitative estimate of drug-likeness (QED) is 0.812. The first kappa shape index (κ1) is 13.5. The molecule has 0 amide bonds. The van der Waals surface area contributed by atoms with Gasteiger partial charge in [-0.05, 0) is 48.7 Å². The Kier molecular flexibility index (Phi) is 3.25. The Balaban J connectivity index is 2.34. The van der Waals surface area contributed by atoms with Crippen molar-refractivity contribution < 1.29 is 13.2 Å².